The first-order valence-electron chi connectivity index (χ1n) is 14.5. The van der Waals surface area contributed by atoms with Gasteiger partial charge in [0.2, 0.25) is 0 Å². The maximum atomic E-state index is 12.3. The zero-order valence-electron chi connectivity index (χ0n) is 23.8. The van der Waals surface area contributed by atoms with Crippen LogP contribution in [0.3, 0.4) is 0 Å². The number of hydrogen-bond donors (Lipinski definition) is 1. The molecule has 8 nitrogen and oxygen atoms in total. The van der Waals surface area contributed by atoms with E-state index in [2.05, 4.69) is 19.2 Å². The molecule has 0 spiro atoms. The van der Waals surface area contributed by atoms with Gasteiger partial charge in [-0.1, -0.05) is 104 Å². The number of benzene rings is 1. The van der Waals surface area contributed by atoms with Gasteiger partial charge >= 0.3 is 18.2 Å². The molecular weight excluding hydrogens is 486 g/mol. The average Bonchev–Trinajstić information content (AvgIpc) is 2.91. The highest BCUT2D eigenvalue weighted by Crippen LogP contribution is 2.27. The summed E-state index contributed by atoms with van der Waals surface area (Å²) < 4.78 is 20.5. The highest BCUT2D eigenvalue weighted by molar-refractivity contribution is 5.94. The third kappa shape index (κ3) is 16.2. The zero-order valence-corrected chi connectivity index (χ0v) is 23.8. The Balaban J connectivity index is 2.46. The molecule has 0 aliphatic carbocycles. The quantitative estimate of drug-likeness (QED) is 0.0726. The van der Waals surface area contributed by atoms with E-state index in [0.717, 1.165) is 38.5 Å². The molecule has 1 amide bonds. The van der Waals surface area contributed by atoms with E-state index in [-0.39, 0.29) is 30.2 Å². The number of unbranched alkanes of at least 4 members (excludes halogenated alkanes) is 14. The Kier molecular flexibility index (Phi) is 19.5. The van der Waals surface area contributed by atoms with Crippen molar-refractivity contribution in [1.29, 1.82) is 0 Å². The first-order valence-corrected chi connectivity index (χ1v) is 14.5. The molecule has 0 aliphatic heterocycles. The van der Waals surface area contributed by atoms with Gasteiger partial charge in [-0.3, -0.25) is 5.32 Å². The van der Waals surface area contributed by atoms with Crippen LogP contribution in [0.15, 0.2) is 18.2 Å². The molecule has 0 bridgehead atoms. The summed E-state index contributed by atoms with van der Waals surface area (Å²) in [7, 11) is 1.26. The molecule has 0 atom stereocenters. The highest BCUT2D eigenvalue weighted by atomic mass is 16.7. The van der Waals surface area contributed by atoms with Gasteiger partial charge in [-0.25, -0.2) is 14.4 Å². The monoisotopic (exact) mass is 535 g/mol. The second-order valence-electron chi connectivity index (χ2n) is 9.61. The Morgan fingerprint density at radius 2 is 1.18 bits per heavy atom. The van der Waals surface area contributed by atoms with E-state index in [1.165, 1.54) is 89.5 Å². The van der Waals surface area contributed by atoms with Gasteiger partial charge in [0.15, 0.2) is 5.75 Å². The van der Waals surface area contributed by atoms with Crippen LogP contribution in [0.5, 0.6) is 5.75 Å². The predicted octanol–water partition coefficient (Wildman–Crippen LogP) is 8.82. The van der Waals surface area contributed by atoms with Crippen molar-refractivity contribution in [3.8, 4) is 5.75 Å². The maximum absolute atomic E-state index is 12.3. The van der Waals surface area contributed by atoms with Crippen molar-refractivity contribution >= 4 is 23.9 Å². The van der Waals surface area contributed by atoms with E-state index in [9.17, 15) is 14.4 Å². The molecule has 0 unspecified atom stereocenters. The summed E-state index contributed by atoms with van der Waals surface area (Å²) in [4.78, 5) is 36.5. The number of ether oxygens (including phenoxy) is 4. The number of carbonyl (C=O) groups is 3. The molecule has 0 aliphatic rings. The summed E-state index contributed by atoms with van der Waals surface area (Å²) in [6, 6.07) is 4.24. The Morgan fingerprint density at radius 3 is 1.71 bits per heavy atom. The molecule has 216 valence electrons. The van der Waals surface area contributed by atoms with Gasteiger partial charge in [0.25, 0.3) is 0 Å². The number of carbonyl (C=O) groups excluding carboxylic acids is 3. The maximum Gasteiger partial charge on any atom is 0.513 e. The lowest BCUT2D eigenvalue weighted by molar-refractivity contribution is 0.0600. The van der Waals surface area contributed by atoms with Gasteiger partial charge in [0.1, 0.15) is 0 Å². The van der Waals surface area contributed by atoms with Crippen LogP contribution in [0.4, 0.5) is 15.3 Å². The van der Waals surface area contributed by atoms with E-state index < -0.39 is 18.2 Å². The summed E-state index contributed by atoms with van der Waals surface area (Å²) in [5, 5.41) is 2.56. The lowest BCUT2D eigenvalue weighted by Gasteiger charge is -2.13. The van der Waals surface area contributed by atoms with E-state index in [1.807, 2.05) is 0 Å². The van der Waals surface area contributed by atoms with E-state index in [0.29, 0.717) is 0 Å². The SMILES string of the molecule is CCCCCCCCCCOC(=O)Nc1cc(C(=O)OC)ccc1OC(=O)OCCCCCCCCCC. The Morgan fingerprint density at radius 1 is 0.684 bits per heavy atom. The largest absolute Gasteiger partial charge is 0.513 e. The molecule has 8 heteroatoms. The minimum Gasteiger partial charge on any atom is -0.465 e. The van der Waals surface area contributed by atoms with Crippen LogP contribution >= 0.6 is 0 Å². The van der Waals surface area contributed by atoms with E-state index in [4.69, 9.17) is 18.9 Å². The zero-order chi connectivity index (χ0) is 27.8. The van der Waals surface area contributed by atoms with Gasteiger partial charge < -0.3 is 18.9 Å². The highest BCUT2D eigenvalue weighted by Gasteiger charge is 2.17. The van der Waals surface area contributed by atoms with Gasteiger partial charge in [-0.2, -0.15) is 0 Å². The fourth-order valence-corrected chi connectivity index (χ4v) is 4.02. The second kappa shape index (κ2) is 22.2. The van der Waals surface area contributed by atoms with Gasteiger partial charge in [-0.05, 0) is 31.0 Å². The molecule has 0 fully saturated rings. The van der Waals surface area contributed by atoms with Crippen LogP contribution in [0.25, 0.3) is 0 Å². The molecule has 1 aromatic carbocycles. The molecule has 0 heterocycles. The summed E-state index contributed by atoms with van der Waals surface area (Å²) in [5.74, 6) is -0.521. The van der Waals surface area contributed by atoms with Gasteiger partial charge in [0, 0.05) is 0 Å². The van der Waals surface area contributed by atoms with Crippen LogP contribution in [-0.2, 0) is 14.2 Å². The van der Waals surface area contributed by atoms with Crippen molar-refractivity contribution < 1.29 is 33.3 Å². The molecule has 1 aromatic rings. The number of nitrogens with one attached hydrogen (secondary N) is 1. The Bertz CT molecular complexity index is 797. The average molecular weight is 536 g/mol. The van der Waals surface area contributed by atoms with Crippen LogP contribution in [0.1, 0.15) is 127 Å². The van der Waals surface area contributed by atoms with Crippen molar-refractivity contribution in [2.45, 2.75) is 117 Å². The van der Waals surface area contributed by atoms with Crippen molar-refractivity contribution in [2.24, 2.45) is 0 Å². The minimum absolute atomic E-state index is 0.0580. The lowest BCUT2D eigenvalue weighted by atomic mass is 10.1. The standard InChI is InChI=1S/C30H49NO7/c1-4-6-8-10-12-14-16-18-22-36-29(33)31-26-24-25(28(32)35-3)20-21-27(26)38-30(34)37-23-19-17-15-13-11-9-7-5-2/h20-21,24H,4-19,22-23H2,1-3H3,(H,31,33). The second-order valence-corrected chi connectivity index (χ2v) is 9.61. The number of methoxy groups -OCH3 is 1. The third-order valence-electron chi connectivity index (χ3n) is 6.28. The number of esters is 1. The molecule has 1 N–H and O–H groups in total. The minimum atomic E-state index is -0.867. The topological polar surface area (TPSA) is 100 Å². The van der Waals surface area contributed by atoms with Gasteiger partial charge in [0.05, 0.1) is 31.6 Å². The van der Waals surface area contributed by atoms with Crippen molar-refractivity contribution in [3.05, 3.63) is 23.8 Å². The van der Waals surface area contributed by atoms with Crippen molar-refractivity contribution in [3.63, 3.8) is 0 Å². The molecule has 0 saturated heterocycles. The van der Waals surface area contributed by atoms with Crippen LogP contribution < -0.4 is 10.1 Å². The van der Waals surface area contributed by atoms with Crippen molar-refractivity contribution in [2.75, 3.05) is 25.6 Å². The summed E-state index contributed by atoms with van der Waals surface area (Å²) in [5.41, 5.74) is 0.323. The van der Waals surface area contributed by atoms with Gasteiger partial charge in [-0.15, -0.1) is 0 Å². The van der Waals surface area contributed by atoms with E-state index >= 15 is 0 Å². The fourth-order valence-electron chi connectivity index (χ4n) is 4.02. The number of anilines is 1. The molecular formula is C30H49NO7. The first kappa shape index (κ1) is 33.3. The lowest BCUT2D eigenvalue weighted by Crippen LogP contribution is -2.18. The number of hydrogen-bond acceptors (Lipinski definition) is 7. The summed E-state index contributed by atoms with van der Waals surface area (Å²) in [6.45, 7) is 4.95. The molecule has 38 heavy (non-hydrogen) atoms. The van der Waals surface area contributed by atoms with Crippen molar-refractivity contribution in [1.82, 2.24) is 0 Å². The predicted molar refractivity (Wildman–Crippen MR) is 150 cm³/mol. The van der Waals surface area contributed by atoms with Crippen LogP contribution in [0.2, 0.25) is 0 Å². The summed E-state index contributed by atoms with van der Waals surface area (Å²) >= 11 is 0. The number of amides is 1. The van der Waals surface area contributed by atoms with Crippen LogP contribution in [0, 0.1) is 0 Å². The Hall–Kier alpha value is -2.77. The first-order chi connectivity index (χ1) is 18.5. The smallest absolute Gasteiger partial charge is 0.465 e. The van der Waals surface area contributed by atoms with Crippen LogP contribution in [-0.4, -0.2) is 38.5 Å². The molecule has 1 rings (SSSR count). The normalized spacial score (nSPS) is 10.6. The molecule has 0 saturated carbocycles. The molecule has 0 aromatic heterocycles. The third-order valence-corrected chi connectivity index (χ3v) is 6.28. The fraction of sp³-hybridized carbons (Fsp3) is 0.700. The Labute approximate surface area is 229 Å². The molecule has 0 radical (unpaired) electrons. The van der Waals surface area contributed by atoms with E-state index in [1.54, 1.807) is 0 Å². The number of rotatable bonds is 21. The summed E-state index contributed by atoms with van der Waals surface area (Å²) in [6.07, 6.45) is 16.7.